The van der Waals surface area contributed by atoms with Crippen LogP contribution in [0.2, 0.25) is 0 Å². The van der Waals surface area contributed by atoms with Crippen molar-refractivity contribution in [3.63, 3.8) is 0 Å². The van der Waals surface area contributed by atoms with E-state index in [1.54, 1.807) is 19.5 Å². The zero-order valence-corrected chi connectivity index (χ0v) is 17.0. The third kappa shape index (κ3) is 4.75. The minimum absolute atomic E-state index is 0.00489. The second kappa shape index (κ2) is 8.90. The van der Waals surface area contributed by atoms with Crippen molar-refractivity contribution in [3.05, 3.63) is 30.4 Å². The Kier molecular flexibility index (Phi) is 6.08. The van der Waals surface area contributed by atoms with E-state index in [0.29, 0.717) is 32.1 Å². The first-order valence-corrected chi connectivity index (χ1v) is 10.5. The second-order valence-corrected chi connectivity index (χ2v) is 8.16. The van der Waals surface area contributed by atoms with Crippen LogP contribution in [0.1, 0.15) is 44.3 Å². The highest BCUT2D eigenvalue weighted by molar-refractivity contribution is 5.74. The average molecular weight is 399 g/mol. The Morgan fingerprint density at radius 1 is 1.38 bits per heavy atom. The van der Waals surface area contributed by atoms with Gasteiger partial charge in [-0.25, -0.2) is 4.79 Å². The van der Waals surface area contributed by atoms with Crippen LogP contribution in [-0.2, 0) is 10.2 Å². The van der Waals surface area contributed by atoms with Gasteiger partial charge in [-0.05, 0) is 43.7 Å². The van der Waals surface area contributed by atoms with Gasteiger partial charge in [0.05, 0.1) is 5.56 Å². The number of methoxy groups -OCH3 is 1. The molecule has 1 saturated carbocycles. The maximum absolute atomic E-state index is 12.4. The third-order valence-electron chi connectivity index (χ3n) is 5.99. The summed E-state index contributed by atoms with van der Waals surface area (Å²) >= 11 is 0. The van der Waals surface area contributed by atoms with E-state index in [4.69, 9.17) is 14.2 Å². The SMILES string of the molecule is COCCCNC(=O)N1CCC(CC2CC2)(c2noc(-c3cccnc3)n2)CC1. The molecule has 2 aliphatic rings. The van der Waals surface area contributed by atoms with Crippen molar-refractivity contribution in [2.75, 3.05) is 33.4 Å². The number of urea groups is 1. The topological polar surface area (TPSA) is 93.4 Å². The Labute approximate surface area is 171 Å². The van der Waals surface area contributed by atoms with Crippen LogP contribution in [0.25, 0.3) is 11.5 Å². The molecule has 8 heteroatoms. The summed E-state index contributed by atoms with van der Waals surface area (Å²) in [5.74, 6) is 2.04. The van der Waals surface area contributed by atoms with Gasteiger partial charge in [-0.3, -0.25) is 4.98 Å². The molecule has 1 aliphatic carbocycles. The van der Waals surface area contributed by atoms with Crippen LogP contribution in [0.5, 0.6) is 0 Å². The Bertz CT molecular complexity index is 798. The van der Waals surface area contributed by atoms with E-state index < -0.39 is 0 Å². The van der Waals surface area contributed by atoms with Crippen molar-refractivity contribution in [2.45, 2.75) is 43.9 Å². The van der Waals surface area contributed by atoms with E-state index >= 15 is 0 Å². The lowest BCUT2D eigenvalue weighted by molar-refractivity contribution is 0.143. The van der Waals surface area contributed by atoms with Gasteiger partial charge in [0.25, 0.3) is 5.89 Å². The van der Waals surface area contributed by atoms with Crippen LogP contribution in [0.15, 0.2) is 29.0 Å². The number of piperidine rings is 1. The highest BCUT2D eigenvalue weighted by atomic mass is 16.5. The number of hydrogen-bond donors (Lipinski definition) is 1. The zero-order chi connectivity index (χ0) is 20.1. The predicted molar refractivity (Wildman–Crippen MR) is 107 cm³/mol. The number of hydrogen-bond acceptors (Lipinski definition) is 6. The lowest BCUT2D eigenvalue weighted by Crippen LogP contribution is -2.49. The lowest BCUT2D eigenvalue weighted by Gasteiger charge is -2.40. The maximum atomic E-state index is 12.4. The number of ether oxygens (including phenoxy) is 1. The summed E-state index contributed by atoms with van der Waals surface area (Å²) in [7, 11) is 1.67. The molecule has 1 N–H and O–H groups in total. The third-order valence-corrected chi connectivity index (χ3v) is 5.99. The normalized spacial score (nSPS) is 18.6. The number of rotatable bonds is 8. The van der Waals surface area contributed by atoms with Crippen LogP contribution >= 0.6 is 0 Å². The summed E-state index contributed by atoms with van der Waals surface area (Å²) in [6.07, 6.45) is 9.64. The molecule has 0 atom stereocenters. The van der Waals surface area contributed by atoms with Crippen molar-refractivity contribution in [1.82, 2.24) is 25.3 Å². The van der Waals surface area contributed by atoms with Crippen LogP contribution in [0, 0.1) is 5.92 Å². The number of nitrogens with one attached hydrogen (secondary N) is 1. The highest BCUT2D eigenvalue weighted by Gasteiger charge is 2.44. The molecule has 2 aromatic heterocycles. The molecule has 1 aliphatic heterocycles. The van der Waals surface area contributed by atoms with Crippen molar-refractivity contribution >= 4 is 6.03 Å². The van der Waals surface area contributed by atoms with Gasteiger partial charge >= 0.3 is 6.03 Å². The molecule has 8 nitrogen and oxygen atoms in total. The van der Waals surface area contributed by atoms with Gasteiger partial charge in [0.2, 0.25) is 0 Å². The molecule has 1 saturated heterocycles. The van der Waals surface area contributed by atoms with Gasteiger partial charge in [0, 0.05) is 51.2 Å². The molecule has 0 spiro atoms. The molecule has 0 radical (unpaired) electrons. The zero-order valence-electron chi connectivity index (χ0n) is 17.0. The number of pyridine rings is 1. The summed E-state index contributed by atoms with van der Waals surface area (Å²) in [6.45, 7) is 2.71. The number of carbonyl (C=O) groups is 1. The number of amides is 2. The van der Waals surface area contributed by atoms with Gasteiger partial charge in [-0.1, -0.05) is 18.0 Å². The molecule has 0 bridgehead atoms. The number of nitrogens with zero attached hydrogens (tertiary/aromatic N) is 4. The smallest absolute Gasteiger partial charge is 0.317 e. The first kappa shape index (κ1) is 19.8. The molecule has 2 aromatic rings. The predicted octanol–water partition coefficient (Wildman–Crippen LogP) is 3.01. The Hall–Kier alpha value is -2.48. The van der Waals surface area contributed by atoms with E-state index in [1.165, 1.54) is 12.8 Å². The highest BCUT2D eigenvalue weighted by Crippen LogP contribution is 2.46. The summed E-state index contributed by atoms with van der Waals surface area (Å²) in [5, 5.41) is 7.35. The minimum Gasteiger partial charge on any atom is -0.385 e. The molecule has 29 heavy (non-hydrogen) atoms. The minimum atomic E-state index is -0.113. The first-order valence-electron chi connectivity index (χ1n) is 10.5. The van der Waals surface area contributed by atoms with Crippen molar-refractivity contribution in [1.29, 1.82) is 0 Å². The number of aromatic nitrogens is 3. The first-order chi connectivity index (χ1) is 14.2. The summed E-state index contributed by atoms with van der Waals surface area (Å²) in [4.78, 5) is 23.2. The molecule has 2 fully saturated rings. The molecule has 0 unspecified atom stereocenters. The van der Waals surface area contributed by atoms with Crippen molar-refractivity contribution in [2.24, 2.45) is 5.92 Å². The van der Waals surface area contributed by atoms with Crippen LogP contribution in [-0.4, -0.2) is 59.4 Å². The van der Waals surface area contributed by atoms with E-state index in [0.717, 1.165) is 43.0 Å². The maximum Gasteiger partial charge on any atom is 0.317 e. The van der Waals surface area contributed by atoms with E-state index in [9.17, 15) is 4.79 Å². The average Bonchev–Trinajstić information content (AvgIpc) is 3.42. The summed E-state index contributed by atoms with van der Waals surface area (Å²) in [5.41, 5.74) is 0.721. The molecule has 2 amide bonds. The lowest BCUT2D eigenvalue weighted by atomic mass is 9.73. The Balaban J connectivity index is 1.42. The molecule has 3 heterocycles. The quantitative estimate of drug-likeness (QED) is 0.686. The number of carbonyl (C=O) groups excluding carboxylic acids is 1. The van der Waals surface area contributed by atoms with Crippen LogP contribution < -0.4 is 5.32 Å². The molecule has 156 valence electrons. The van der Waals surface area contributed by atoms with E-state index in [1.807, 2.05) is 17.0 Å². The van der Waals surface area contributed by atoms with Gasteiger partial charge in [-0.15, -0.1) is 0 Å². The molecule has 4 rings (SSSR count). The Morgan fingerprint density at radius 2 is 2.21 bits per heavy atom. The van der Waals surface area contributed by atoms with Crippen LogP contribution in [0.3, 0.4) is 0 Å². The fourth-order valence-electron chi connectivity index (χ4n) is 4.10. The fraction of sp³-hybridized carbons (Fsp3) is 0.619. The molecular weight excluding hydrogens is 370 g/mol. The fourth-order valence-corrected chi connectivity index (χ4v) is 4.10. The molecular formula is C21H29N5O3. The van der Waals surface area contributed by atoms with E-state index in [-0.39, 0.29) is 11.4 Å². The monoisotopic (exact) mass is 399 g/mol. The van der Waals surface area contributed by atoms with Gasteiger partial charge < -0.3 is 19.5 Å². The van der Waals surface area contributed by atoms with Crippen molar-refractivity contribution < 1.29 is 14.1 Å². The van der Waals surface area contributed by atoms with Crippen molar-refractivity contribution in [3.8, 4) is 11.5 Å². The van der Waals surface area contributed by atoms with Crippen LogP contribution in [0.4, 0.5) is 4.79 Å². The standard InChI is InChI=1S/C21H29N5O3/c1-28-13-3-10-23-20(27)26-11-7-21(8-12-26,14-16-5-6-16)19-24-18(29-25-19)17-4-2-9-22-15-17/h2,4,9,15-16H,3,5-8,10-14H2,1H3,(H,23,27). The van der Waals surface area contributed by atoms with Gasteiger partial charge in [0.15, 0.2) is 5.82 Å². The Morgan fingerprint density at radius 3 is 2.90 bits per heavy atom. The van der Waals surface area contributed by atoms with E-state index in [2.05, 4.69) is 15.5 Å². The number of likely N-dealkylation sites (tertiary alicyclic amines) is 1. The summed E-state index contributed by atoms with van der Waals surface area (Å²) in [6, 6.07) is 3.79. The molecule has 0 aromatic carbocycles. The summed E-state index contributed by atoms with van der Waals surface area (Å²) < 4.78 is 10.6. The van der Waals surface area contributed by atoms with Gasteiger partial charge in [-0.2, -0.15) is 4.98 Å². The largest absolute Gasteiger partial charge is 0.385 e. The second-order valence-electron chi connectivity index (χ2n) is 8.16. The van der Waals surface area contributed by atoms with Gasteiger partial charge in [0.1, 0.15) is 0 Å².